The summed E-state index contributed by atoms with van der Waals surface area (Å²) in [5.41, 5.74) is 7.74. The summed E-state index contributed by atoms with van der Waals surface area (Å²) in [6.45, 7) is 4.29. The minimum absolute atomic E-state index is 1.28. The molecule has 0 amide bonds. The van der Waals surface area contributed by atoms with E-state index in [1.165, 1.54) is 44.2 Å². The van der Waals surface area contributed by atoms with Crippen molar-refractivity contribution in [2.24, 2.45) is 0 Å². The molecule has 4 aromatic carbocycles. The molecule has 0 saturated heterocycles. The number of rotatable bonds is 2. The lowest BCUT2D eigenvalue weighted by Crippen LogP contribution is -1.87. The monoisotopic (exact) mass is 308 g/mol. The lowest BCUT2D eigenvalue weighted by atomic mass is 9.91. The van der Waals surface area contributed by atoms with Gasteiger partial charge in [0, 0.05) is 0 Å². The van der Waals surface area contributed by atoms with Crippen molar-refractivity contribution in [3.63, 3.8) is 0 Å². The van der Waals surface area contributed by atoms with Crippen molar-refractivity contribution >= 4 is 10.8 Å². The Bertz CT molecular complexity index is 941. The van der Waals surface area contributed by atoms with E-state index in [0.717, 1.165) is 0 Å². The average Bonchev–Trinajstić information content (AvgIpc) is 2.61. The van der Waals surface area contributed by atoms with Crippen LogP contribution in [0.3, 0.4) is 0 Å². The normalized spacial score (nSPS) is 10.9. The molecule has 24 heavy (non-hydrogen) atoms. The Morgan fingerprint density at radius 3 is 1.33 bits per heavy atom. The third kappa shape index (κ3) is 2.61. The van der Waals surface area contributed by atoms with Crippen molar-refractivity contribution in [3.05, 3.63) is 96.1 Å². The van der Waals surface area contributed by atoms with Crippen molar-refractivity contribution in [3.8, 4) is 22.3 Å². The van der Waals surface area contributed by atoms with Crippen LogP contribution in [0.2, 0.25) is 0 Å². The zero-order valence-electron chi connectivity index (χ0n) is 14.1. The molecule has 4 aromatic rings. The van der Waals surface area contributed by atoms with Gasteiger partial charge in [-0.15, -0.1) is 0 Å². The SMILES string of the molecule is Cc1cccc(-c2ccc(-c3cccc(C)c3)c3ccccc23)c1. The summed E-state index contributed by atoms with van der Waals surface area (Å²) in [6.07, 6.45) is 0. The van der Waals surface area contributed by atoms with Gasteiger partial charge in [-0.25, -0.2) is 0 Å². The van der Waals surface area contributed by atoms with E-state index < -0.39 is 0 Å². The highest BCUT2D eigenvalue weighted by Crippen LogP contribution is 2.35. The largest absolute Gasteiger partial charge is 0.0616 e. The van der Waals surface area contributed by atoms with Crippen molar-refractivity contribution in [2.45, 2.75) is 13.8 Å². The summed E-state index contributed by atoms with van der Waals surface area (Å²) in [5, 5.41) is 2.62. The van der Waals surface area contributed by atoms with Gasteiger partial charge in [0.1, 0.15) is 0 Å². The van der Waals surface area contributed by atoms with Crippen LogP contribution in [0.1, 0.15) is 11.1 Å². The molecule has 0 saturated carbocycles. The van der Waals surface area contributed by atoms with Crippen LogP contribution in [0, 0.1) is 13.8 Å². The summed E-state index contributed by atoms with van der Waals surface area (Å²) >= 11 is 0. The number of hydrogen-bond acceptors (Lipinski definition) is 0. The fraction of sp³-hybridized carbons (Fsp3) is 0.0833. The third-order valence-corrected chi connectivity index (χ3v) is 4.58. The Balaban J connectivity index is 1.99. The summed E-state index contributed by atoms with van der Waals surface area (Å²) < 4.78 is 0. The average molecular weight is 308 g/mol. The summed E-state index contributed by atoms with van der Waals surface area (Å²) in [6, 6.07) is 30.7. The Hall–Kier alpha value is -2.86. The molecule has 0 bridgehead atoms. The summed E-state index contributed by atoms with van der Waals surface area (Å²) in [5.74, 6) is 0. The van der Waals surface area contributed by atoms with Crippen molar-refractivity contribution in [1.82, 2.24) is 0 Å². The van der Waals surface area contributed by atoms with Crippen LogP contribution in [-0.4, -0.2) is 0 Å². The first-order valence-corrected chi connectivity index (χ1v) is 8.38. The van der Waals surface area contributed by atoms with E-state index in [1.807, 2.05) is 0 Å². The number of hydrogen-bond donors (Lipinski definition) is 0. The van der Waals surface area contributed by atoms with E-state index in [0.29, 0.717) is 0 Å². The minimum Gasteiger partial charge on any atom is -0.0616 e. The predicted octanol–water partition coefficient (Wildman–Crippen LogP) is 6.79. The number of fused-ring (bicyclic) bond motifs is 1. The molecule has 0 aliphatic heterocycles. The molecule has 0 unspecified atom stereocenters. The Kier molecular flexibility index (Phi) is 3.66. The van der Waals surface area contributed by atoms with Gasteiger partial charge in [-0.2, -0.15) is 0 Å². The van der Waals surface area contributed by atoms with Crippen molar-refractivity contribution in [1.29, 1.82) is 0 Å². The summed E-state index contributed by atoms with van der Waals surface area (Å²) in [4.78, 5) is 0. The topological polar surface area (TPSA) is 0 Å². The molecule has 0 aromatic heterocycles. The molecule has 0 aliphatic carbocycles. The van der Waals surface area contributed by atoms with E-state index in [9.17, 15) is 0 Å². The molecule has 0 atom stereocenters. The fourth-order valence-corrected chi connectivity index (χ4v) is 3.43. The van der Waals surface area contributed by atoms with Gasteiger partial charge in [0.05, 0.1) is 0 Å². The van der Waals surface area contributed by atoms with Crippen LogP contribution in [0.15, 0.2) is 84.9 Å². The van der Waals surface area contributed by atoms with Crippen LogP contribution in [0.5, 0.6) is 0 Å². The molecular weight excluding hydrogens is 288 g/mol. The molecule has 0 heteroatoms. The van der Waals surface area contributed by atoms with Crippen LogP contribution in [0.25, 0.3) is 33.0 Å². The second kappa shape index (κ2) is 5.98. The molecule has 4 rings (SSSR count). The molecule has 116 valence electrons. The van der Waals surface area contributed by atoms with Gasteiger partial charge in [-0.1, -0.05) is 96.1 Å². The van der Waals surface area contributed by atoms with Gasteiger partial charge in [-0.05, 0) is 46.9 Å². The van der Waals surface area contributed by atoms with E-state index in [4.69, 9.17) is 0 Å². The Morgan fingerprint density at radius 2 is 0.917 bits per heavy atom. The first-order valence-electron chi connectivity index (χ1n) is 8.38. The van der Waals surface area contributed by atoms with Crippen molar-refractivity contribution in [2.75, 3.05) is 0 Å². The second-order valence-electron chi connectivity index (χ2n) is 6.45. The highest BCUT2D eigenvalue weighted by atomic mass is 14.1. The maximum atomic E-state index is 2.26. The van der Waals surface area contributed by atoms with E-state index in [1.54, 1.807) is 0 Å². The van der Waals surface area contributed by atoms with Gasteiger partial charge in [-0.3, -0.25) is 0 Å². The minimum atomic E-state index is 1.28. The molecule has 0 N–H and O–H groups in total. The molecule has 0 nitrogen and oxygen atoms in total. The smallest absolute Gasteiger partial charge is 0.00992 e. The lowest BCUT2D eigenvalue weighted by molar-refractivity contribution is 1.46. The van der Waals surface area contributed by atoms with Gasteiger partial charge < -0.3 is 0 Å². The third-order valence-electron chi connectivity index (χ3n) is 4.58. The predicted molar refractivity (Wildman–Crippen MR) is 104 cm³/mol. The van der Waals surface area contributed by atoms with Crippen LogP contribution in [0.4, 0.5) is 0 Å². The van der Waals surface area contributed by atoms with Gasteiger partial charge in [0.25, 0.3) is 0 Å². The molecule has 0 radical (unpaired) electrons. The highest BCUT2D eigenvalue weighted by molar-refractivity contribution is 6.04. The standard InChI is InChI=1S/C24H20/c1-17-7-5-9-19(15-17)21-13-14-22(20-10-6-8-18(2)16-20)24-12-4-3-11-23(21)24/h3-16H,1-2H3. The fourth-order valence-electron chi connectivity index (χ4n) is 3.43. The maximum absolute atomic E-state index is 2.26. The van der Waals surface area contributed by atoms with E-state index in [2.05, 4.69) is 98.8 Å². The summed E-state index contributed by atoms with van der Waals surface area (Å²) in [7, 11) is 0. The second-order valence-corrected chi connectivity index (χ2v) is 6.45. The number of benzene rings is 4. The zero-order valence-corrected chi connectivity index (χ0v) is 14.1. The molecule has 0 spiro atoms. The van der Waals surface area contributed by atoms with E-state index in [-0.39, 0.29) is 0 Å². The molecular formula is C24H20. The van der Waals surface area contributed by atoms with Gasteiger partial charge in [0.2, 0.25) is 0 Å². The molecule has 0 aliphatic rings. The Morgan fingerprint density at radius 1 is 0.458 bits per heavy atom. The van der Waals surface area contributed by atoms with Crippen LogP contribution in [-0.2, 0) is 0 Å². The molecule has 0 heterocycles. The number of aryl methyl sites for hydroxylation is 2. The highest BCUT2D eigenvalue weighted by Gasteiger charge is 2.09. The lowest BCUT2D eigenvalue weighted by Gasteiger charge is -2.13. The van der Waals surface area contributed by atoms with E-state index >= 15 is 0 Å². The quantitative estimate of drug-likeness (QED) is 0.382. The Labute approximate surface area is 143 Å². The van der Waals surface area contributed by atoms with Crippen LogP contribution >= 0.6 is 0 Å². The van der Waals surface area contributed by atoms with Crippen molar-refractivity contribution < 1.29 is 0 Å². The first kappa shape index (κ1) is 14.7. The van der Waals surface area contributed by atoms with Gasteiger partial charge >= 0.3 is 0 Å². The maximum Gasteiger partial charge on any atom is -0.00992 e. The first-order chi connectivity index (χ1) is 11.7. The van der Waals surface area contributed by atoms with Gasteiger partial charge in [0.15, 0.2) is 0 Å². The zero-order chi connectivity index (χ0) is 16.5. The molecule has 0 fully saturated rings. The van der Waals surface area contributed by atoms with Crippen LogP contribution < -0.4 is 0 Å².